The molecule has 11 rings (SSSR count). The van der Waals surface area contributed by atoms with Crippen LogP contribution in [0.5, 0.6) is 0 Å². The Morgan fingerprint density at radius 2 is 0.746 bits per heavy atom. The molecule has 2 aromatic heterocycles. The monoisotopic (exact) mass is 874 g/mol. The highest BCUT2D eigenvalue weighted by Crippen LogP contribution is 2.50. The van der Waals surface area contributed by atoms with Crippen molar-refractivity contribution in [2.24, 2.45) is 0 Å². The summed E-state index contributed by atoms with van der Waals surface area (Å²) in [5.41, 5.74) is 21.8. The molecule has 0 amide bonds. The molecule has 0 unspecified atom stereocenters. The summed E-state index contributed by atoms with van der Waals surface area (Å²) in [7, 11) is 0. The van der Waals surface area contributed by atoms with Gasteiger partial charge in [0.15, 0.2) is 11.2 Å². The van der Waals surface area contributed by atoms with E-state index in [0.717, 1.165) is 88.8 Å². The van der Waals surface area contributed by atoms with E-state index in [4.69, 9.17) is 8.83 Å². The first-order valence-corrected chi connectivity index (χ1v) is 23.9. The summed E-state index contributed by atoms with van der Waals surface area (Å²) in [6.45, 7) is 24.7. The maximum absolute atomic E-state index is 7.12. The predicted molar refractivity (Wildman–Crippen MR) is 287 cm³/mol. The van der Waals surface area contributed by atoms with Crippen molar-refractivity contribution in [1.29, 1.82) is 0 Å². The van der Waals surface area contributed by atoms with Gasteiger partial charge >= 0.3 is 0 Å². The van der Waals surface area contributed by atoms with Gasteiger partial charge in [-0.1, -0.05) is 75.7 Å². The van der Waals surface area contributed by atoms with Gasteiger partial charge in [0, 0.05) is 55.7 Å². The highest BCUT2D eigenvalue weighted by atomic mass is 16.4. The number of anilines is 6. The summed E-state index contributed by atoms with van der Waals surface area (Å²) >= 11 is 0. The molecule has 0 spiro atoms. The maximum atomic E-state index is 7.12. The molecule has 332 valence electrons. The van der Waals surface area contributed by atoms with E-state index >= 15 is 0 Å². The number of aryl methyl sites for hydroxylation is 5. The standard InChI is InChI=1S/C63H58N2O2/c1-35(2)58-59(36(3)4)61-55-32-45-20-24-51(65(49-21-17-37(5)18-22-49)53-27-40(8)43(11)41(9)28-53)30-47(45)34-57(55)67-63(61)62-60(58)54-31-44-19-23-50(29-46(44)33-56(54)66-62)64(48-15-13-12-14-16-48)52-25-38(6)42(10)39(7)26-52/h12-36H,1-11H3. The van der Waals surface area contributed by atoms with Crippen LogP contribution in [0.2, 0.25) is 0 Å². The fraction of sp³-hybridized carbons (Fsp3) is 0.206. The summed E-state index contributed by atoms with van der Waals surface area (Å²) in [5, 5.41) is 9.17. The Morgan fingerprint density at radius 1 is 0.358 bits per heavy atom. The Morgan fingerprint density at radius 3 is 1.15 bits per heavy atom. The third-order valence-corrected chi connectivity index (χ3v) is 14.6. The molecule has 0 bridgehead atoms. The van der Waals surface area contributed by atoms with Crippen LogP contribution in [0.1, 0.15) is 89.6 Å². The van der Waals surface area contributed by atoms with E-state index in [-0.39, 0.29) is 11.8 Å². The molecule has 11 aromatic rings. The Balaban J connectivity index is 1.11. The van der Waals surface area contributed by atoms with Gasteiger partial charge < -0.3 is 18.6 Å². The molecule has 4 nitrogen and oxygen atoms in total. The SMILES string of the molecule is Cc1ccc(N(c2cc(C)c(C)c(C)c2)c2ccc3cc4c(cc3c2)oc2c3oc5cc6cc(N(c7ccccc7)c7cc(C)c(C)c(C)c7)ccc6cc5c3c(C(C)C)c(C(C)C)c42)cc1. The molecular weight excluding hydrogens is 817 g/mol. The number of furan rings is 2. The molecule has 0 aliphatic heterocycles. The van der Waals surface area contributed by atoms with Gasteiger partial charge in [-0.15, -0.1) is 0 Å². The average molecular weight is 875 g/mol. The molecule has 0 saturated heterocycles. The summed E-state index contributed by atoms with van der Waals surface area (Å²) in [5.74, 6) is 0.498. The normalized spacial score (nSPS) is 12.1. The van der Waals surface area contributed by atoms with Gasteiger partial charge in [-0.3, -0.25) is 0 Å². The van der Waals surface area contributed by atoms with Crippen LogP contribution < -0.4 is 9.80 Å². The van der Waals surface area contributed by atoms with Crippen LogP contribution in [0.25, 0.3) is 65.4 Å². The first-order chi connectivity index (χ1) is 32.2. The average Bonchev–Trinajstić information content (AvgIpc) is 3.86. The predicted octanol–water partition coefficient (Wildman–Crippen LogP) is 19.1. The van der Waals surface area contributed by atoms with E-state index in [1.807, 2.05) is 0 Å². The van der Waals surface area contributed by atoms with Crippen LogP contribution in [-0.2, 0) is 0 Å². The highest BCUT2D eigenvalue weighted by molar-refractivity contribution is 6.24. The smallest absolute Gasteiger partial charge is 0.178 e. The summed E-state index contributed by atoms with van der Waals surface area (Å²) in [6, 6.07) is 51.6. The fourth-order valence-corrected chi connectivity index (χ4v) is 10.7. The minimum atomic E-state index is 0.249. The second-order valence-corrected chi connectivity index (χ2v) is 19.8. The number of para-hydroxylation sites is 1. The van der Waals surface area contributed by atoms with Crippen LogP contribution in [0.4, 0.5) is 34.1 Å². The van der Waals surface area contributed by atoms with E-state index in [1.54, 1.807) is 0 Å². The zero-order valence-corrected chi connectivity index (χ0v) is 40.6. The van der Waals surface area contributed by atoms with Crippen molar-refractivity contribution >= 4 is 99.5 Å². The minimum absolute atomic E-state index is 0.249. The van der Waals surface area contributed by atoms with Crippen molar-refractivity contribution in [2.75, 3.05) is 9.80 Å². The molecule has 9 aromatic carbocycles. The van der Waals surface area contributed by atoms with Crippen molar-refractivity contribution in [3.8, 4) is 0 Å². The molecule has 2 heterocycles. The molecule has 0 N–H and O–H groups in total. The zero-order valence-electron chi connectivity index (χ0n) is 40.6. The van der Waals surface area contributed by atoms with Crippen LogP contribution in [0.15, 0.2) is 148 Å². The molecular formula is C63H58N2O2. The number of nitrogens with zero attached hydrogens (tertiary/aromatic N) is 2. The number of hydrogen-bond acceptors (Lipinski definition) is 4. The molecule has 0 aliphatic carbocycles. The number of hydrogen-bond donors (Lipinski definition) is 0. The van der Waals surface area contributed by atoms with Gasteiger partial charge in [0.2, 0.25) is 0 Å². The fourth-order valence-electron chi connectivity index (χ4n) is 10.7. The van der Waals surface area contributed by atoms with E-state index in [0.29, 0.717) is 0 Å². The lowest BCUT2D eigenvalue weighted by Crippen LogP contribution is -2.11. The van der Waals surface area contributed by atoms with Crippen LogP contribution in [0, 0.1) is 48.5 Å². The van der Waals surface area contributed by atoms with Crippen LogP contribution >= 0.6 is 0 Å². The van der Waals surface area contributed by atoms with Gasteiger partial charge in [-0.2, -0.15) is 0 Å². The lowest BCUT2D eigenvalue weighted by Gasteiger charge is -2.27. The Hall–Kier alpha value is -7.30. The van der Waals surface area contributed by atoms with Crippen molar-refractivity contribution in [2.45, 2.75) is 88.0 Å². The summed E-state index contributed by atoms with van der Waals surface area (Å²) in [4.78, 5) is 4.74. The minimum Gasteiger partial charge on any atom is -0.452 e. The van der Waals surface area contributed by atoms with Crippen LogP contribution in [-0.4, -0.2) is 0 Å². The Kier molecular flexibility index (Phi) is 10.1. The second-order valence-electron chi connectivity index (χ2n) is 19.8. The Bertz CT molecular complexity index is 3730. The van der Waals surface area contributed by atoms with Gasteiger partial charge in [-0.05, 0) is 223 Å². The van der Waals surface area contributed by atoms with Crippen molar-refractivity contribution in [3.05, 3.63) is 190 Å². The first kappa shape index (κ1) is 42.3. The highest BCUT2D eigenvalue weighted by Gasteiger charge is 2.28. The molecule has 0 saturated carbocycles. The Labute approximate surface area is 394 Å². The molecule has 4 heteroatoms. The van der Waals surface area contributed by atoms with Crippen molar-refractivity contribution < 1.29 is 8.83 Å². The van der Waals surface area contributed by atoms with Crippen molar-refractivity contribution in [3.63, 3.8) is 0 Å². The topological polar surface area (TPSA) is 32.8 Å². The third-order valence-electron chi connectivity index (χ3n) is 14.6. The van der Waals surface area contributed by atoms with Crippen LogP contribution in [0.3, 0.4) is 0 Å². The lowest BCUT2D eigenvalue weighted by molar-refractivity contribution is 0.632. The zero-order chi connectivity index (χ0) is 46.6. The molecule has 67 heavy (non-hydrogen) atoms. The van der Waals surface area contributed by atoms with E-state index in [9.17, 15) is 0 Å². The number of fused-ring (bicyclic) bond motifs is 9. The summed E-state index contributed by atoms with van der Waals surface area (Å²) in [6.07, 6.45) is 0. The third kappa shape index (κ3) is 6.96. The summed E-state index contributed by atoms with van der Waals surface area (Å²) < 4.78 is 14.2. The lowest BCUT2D eigenvalue weighted by atomic mass is 9.84. The largest absolute Gasteiger partial charge is 0.452 e. The van der Waals surface area contributed by atoms with Crippen molar-refractivity contribution in [1.82, 2.24) is 0 Å². The first-order valence-electron chi connectivity index (χ1n) is 23.9. The molecule has 0 fully saturated rings. The van der Waals surface area contributed by atoms with Gasteiger partial charge in [0.25, 0.3) is 0 Å². The molecule has 0 atom stereocenters. The quantitative estimate of drug-likeness (QED) is 0.152. The second kappa shape index (κ2) is 15.9. The number of rotatable bonds is 8. The van der Waals surface area contributed by atoms with Gasteiger partial charge in [0.1, 0.15) is 11.2 Å². The van der Waals surface area contributed by atoms with E-state index < -0.39 is 0 Å². The molecule has 0 radical (unpaired) electrons. The molecule has 0 aliphatic rings. The maximum Gasteiger partial charge on any atom is 0.178 e. The number of benzene rings is 9. The van der Waals surface area contributed by atoms with E-state index in [1.165, 1.54) is 60.8 Å². The van der Waals surface area contributed by atoms with Gasteiger partial charge in [-0.25, -0.2) is 0 Å². The van der Waals surface area contributed by atoms with Gasteiger partial charge in [0.05, 0.1) is 0 Å². The van der Waals surface area contributed by atoms with E-state index in [2.05, 4.69) is 225 Å².